The maximum absolute atomic E-state index is 8.06. The summed E-state index contributed by atoms with van der Waals surface area (Å²) in [7, 11) is 0. The van der Waals surface area contributed by atoms with E-state index in [9.17, 15) is 0 Å². The van der Waals surface area contributed by atoms with E-state index in [0.717, 1.165) is 0 Å². The molecule has 0 aliphatic heterocycles. The predicted octanol–water partition coefficient (Wildman–Crippen LogP) is 1.08. The first-order valence-electron chi connectivity index (χ1n) is 2.33. The second-order valence-corrected chi connectivity index (χ2v) is 1.43. The molecule has 0 saturated carbocycles. The summed E-state index contributed by atoms with van der Waals surface area (Å²) < 4.78 is 0. The van der Waals surface area contributed by atoms with Crippen molar-refractivity contribution in [2.45, 2.75) is 20.0 Å². The fourth-order valence-electron chi connectivity index (χ4n) is 0. The molecule has 0 aliphatic rings. The molecule has 0 radical (unpaired) electrons. The second kappa shape index (κ2) is 9.50. The minimum atomic E-state index is -0.167. The number of rotatable bonds is 0. The third-order valence-corrected chi connectivity index (χ3v) is 0.0913. The monoisotopic (exact) mass is 113 g/mol. The van der Waals surface area contributed by atoms with Gasteiger partial charge in [0.25, 0.3) is 0 Å². The van der Waals surface area contributed by atoms with Crippen LogP contribution in [0.3, 0.4) is 0 Å². The largest absolute Gasteiger partial charge is 0.394 e. The average molecular weight is 113 g/mol. The van der Waals surface area contributed by atoms with E-state index < -0.39 is 0 Å². The van der Waals surface area contributed by atoms with Crippen LogP contribution < -0.4 is 0 Å². The summed E-state index contributed by atoms with van der Waals surface area (Å²) in [6.45, 7) is 6.56. The smallest absolute Gasteiger partial charge is 0.0905 e. The number of nitrogens with zero attached hydrogens (tertiary/aromatic N) is 1. The van der Waals surface area contributed by atoms with Crippen molar-refractivity contribution >= 4 is 0 Å². The highest BCUT2D eigenvalue weighted by Crippen LogP contribution is 1.65. The lowest BCUT2D eigenvalue weighted by atomic mass is 10.5. The maximum Gasteiger partial charge on any atom is 0.0905 e. The van der Waals surface area contributed by atoms with Crippen molar-refractivity contribution in [3.05, 3.63) is 12.7 Å². The van der Waals surface area contributed by atoms with Crippen LogP contribution in [0.25, 0.3) is 0 Å². The Morgan fingerprint density at radius 2 is 1.88 bits per heavy atom. The Hall–Kier alpha value is -0.810. The van der Waals surface area contributed by atoms with Gasteiger partial charge in [0.15, 0.2) is 0 Å². The average Bonchev–Trinajstić information content (AvgIpc) is 1.65. The van der Waals surface area contributed by atoms with Crippen LogP contribution in [0.1, 0.15) is 13.8 Å². The van der Waals surface area contributed by atoms with Crippen molar-refractivity contribution in [3.63, 3.8) is 0 Å². The van der Waals surface area contributed by atoms with Gasteiger partial charge in [-0.25, -0.2) is 0 Å². The molecule has 0 aromatic carbocycles. The number of aliphatic hydroxyl groups excluding tert-OH is 1. The van der Waals surface area contributed by atoms with E-state index in [1.165, 1.54) is 6.08 Å². The van der Waals surface area contributed by atoms with Crippen molar-refractivity contribution < 1.29 is 5.11 Å². The summed E-state index contributed by atoms with van der Waals surface area (Å²) in [6.07, 6.45) is 1.01. The Balaban J connectivity index is 0. The first-order chi connectivity index (χ1) is 3.65. The summed E-state index contributed by atoms with van der Waals surface area (Å²) in [5, 5.41) is 15.6. The molecular formula is C6H11NO. The predicted molar refractivity (Wildman–Crippen MR) is 33.2 cm³/mol. The van der Waals surface area contributed by atoms with E-state index in [4.69, 9.17) is 10.4 Å². The zero-order valence-corrected chi connectivity index (χ0v) is 5.26. The van der Waals surface area contributed by atoms with Crippen molar-refractivity contribution in [1.82, 2.24) is 0 Å². The Labute approximate surface area is 50.1 Å². The van der Waals surface area contributed by atoms with E-state index >= 15 is 0 Å². The molecule has 0 bridgehead atoms. The molecular weight excluding hydrogens is 102 g/mol. The van der Waals surface area contributed by atoms with Crippen molar-refractivity contribution in [3.8, 4) is 6.07 Å². The molecule has 8 heavy (non-hydrogen) atoms. The molecule has 0 saturated heterocycles. The first-order valence-corrected chi connectivity index (χ1v) is 2.33. The number of hydrogen-bond acceptors (Lipinski definition) is 2. The van der Waals surface area contributed by atoms with E-state index in [-0.39, 0.29) is 6.10 Å². The van der Waals surface area contributed by atoms with Gasteiger partial charge < -0.3 is 5.11 Å². The normalized spacial score (nSPS) is 6.38. The molecule has 0 spiro atoms. The molecule has 2 heteroatoms. The van der Waals surface area contributed by atoms with Crippen LogP contribution in [0, 0.1) is 11.3 Å². The zero-order valence-electron chi connectivity index (χ0n) is 5.26. The lowest BCUT2D eigenvalue weighted by molar-refractivity contribution is 0.216. The third kappa shape index (κ3) is 2520. The van der Waals surface area contributed by atoms with Gasteiger partial charge in [-0.1, -0.05) is 6.58 Å². The van der Waals surface area contributed by atoms with Gasteiger partial charge in [-0.2, -0.15) is 5.26 Å². The quantitative estimate of drug-likeness (QED) is 0.478. The van der Waals surface area contributed by atoms with Crippen molar-refractivity contribution in [1.29, 1.82) is 5.26 Å². The molecule has 0 atom stereocenters. The van der Waals surface area contributed by atoms with Gasteiger partial charge in [0, 0.05) is 12.2 Å². The Bertz CT molecular complexity index is 78.3. The fourth-order valence-corrected chi connectivity index (χ4v) is 0. The molecule has 2 nitrogen and oxygen atoms in total. The molecule has 0 aromatic heterocycles. The summed E-state index contributed by atoms with van der Waals surface area (Å²) >= 11 is 0. The highest BCUT2D eigenvalue weighted by atomic mass is 16.3. The molecule has 0 aromatic rings. The molecule has 0 heterocycles. The number of hydrogen-bond donors (Lipinski definition) is 1. The number of allylic oxidation sites excluding steroid dienone is 1. The van der Waals surface area contributed by atoms with E-state index in [2.05, 4.69) is 6.58 Å². The van der Waals surface area contributed by atoms with Gasteiger partial charge in [0.05, 0.1) is 6.07 Å². The second-order valence-electron chi connectivity index (χ2n) is 1.43. The van der Waals surface area contributed by atoms with E-state index in [0.29, 0.717) is 0 Å². The van der Waals surface area contributed by atoms with Crippen LogP contribution in [-0.2, 0) is 0 Å². The van der Waals surface area contributed by atoms with Gasteiger partial charge in [0.2, 0.25) is 0 Å². The van der Waals surface area contributed by atoms with Crippen LogP contribution >= 0.6 is 0 Å². The van der Waals surface area contributed by atoms with Crippen LogP contribution in [0.4, 0.5) is 0 Å². The number of aliphatic hydroxyl groups is 1. The summed E-state index contributed by atoms with van der Waals surface area (Å²) in [5.74, 6) is 0. The van der Waals surface area contributed by atoms with Gasteiger partial charge in [-0.15, -0.1) is 0 Å². The van der Waals surface area contributed by atoms with Crippen LogP contribution in [0.15, 0.2) is 12.7 Å². The van der Waals surface area contributed by atoms with E-state index in [1.54, 1.807) is 19.9 Å². The van der Waals surface area contributed by atoms with Gasteiger partial charge in [0.1, 0.15) is 0 Å². The molecule has 0 aliphatic carbocycles. The molecule has 0 fully saturated rings. The topological polar surface area (TPSA) is 44.0 Å². The minimum Gasteiger partial charge on any atom is -0.394 e. The van der Waals surface area contributed by atoms with Crippen molar-refractivity contribution in [2.75, 3.05) is 0 Å². The lowest BCUT2D eigenvalue weighted by Gasteiger charge is -1.80. The van der Waals surface area contributed by atoms with E-state index in [1.807, 2.05) is 0 Å². The highest BCUT2D eigenvalue weighted by molar-refractivity contribution is 4.93. The molecule has 46 valence electrons. The summed E-state index contributed by atoms with van der Waals surface area (Å²) in [6, 6.07) is 1.69. The van der Waals surface area contributed by atoms with Crippen molar-refractivity contribution in [2.24, 2.45) is 0 Å². The molecule has 1 N–H and O–H groups in total. The first kappa shape index (κ1) is 10.2. The summed E-state index contributed by atoms with van der Waals surface area (Å²) in [4.78, 5) is 0. The Kier molecular flexibility index (Phi) is 12.1. The fraction of sp³-hybridized carbons (Fsp3) is 0.500. The Morgan fingerprint density at radius 1 is 1.75 bits per heavy atom. The lowest BCUT2D eigenvalue weighted by Crippen LogP contribution is -1.85. The minimum absolute atomic E-state index is 0.167. The Morgan fingerprint density at radius 3 is 1.88 bits per heavy atom. The molecule has 0 amide bonds. The summed E-state index contributed by atoms with van der Waals surface area (Å²) in [5.41, 5.74) is 0. The highest BCUT2D eigenvalue weighted by Gasteiger charge is 1.69. The number of nitriles is 1. The maximum atomic E-state index is 8.06. The zero-order chi connectivity index (χ0) is 6.99. The van der Waals surface area contributed by atoms with Gasteiger partial charge in [-0.3, -0.25) is 0 Å². The van der Waals surface area contributed by atoms with Crippen LogP contribution in [-0.4, -0.2) is 11.2 Å². The van der Waals surface area contributed by atoms with Gasteiger partial charge in [-0.05, 0) is 13.8 Å². The van der Waals surface area contributed by atoms with Gasteiger partial charge >= 0.3 is 0 Å². The third-order valence-electron chi connectivity index (χ3n) is 0.0913. The molecule has 0 rings (SSSR count). The SMILES string of the molecule is C=CC#N.CC(C)O. The molecule has 0 unspecified atom stereocenters. The van der Waals surface area contributed by atoms with Crippen LogP contribution in [0.2, 0.25) is 0 Å². The van der Waals surface area contributed by atoms with Crippen LogP contribution in [0.5, 0.6) is 0 Å². The standard InChI is InChI=1S/C3H3N.C3H8O/c1-2-3-4;1-3(2)4/h2H,1H2;3-4H,1-2H3.